The predicted octanol–water partition coefficient (Wildman–Crippen LogP) is 0.820. The lowest BCUT2D eigenvalue weighted by Gasteiger charge is -2.23. The Labute approximate surface area is 107 Å². The molecule has 3 N–H and O–H groups in total. The molecule has 0 aliphatic carbocycles. The molecule has 0 aromatic rings. The third-order valence-corrected chi connectivity index (χ3v) is 2.45. The fraction of sp³-hybridized carbons (Fsp3) is 0.667. The number of hydrogen-bond acceptors (Lipinski definition) is 3. The second kappa shape index (κ2) is 9.47. The van der Waals surface area contributed by atoms with Gasteiger partial charge in [-0.2, -0.15) is 0 Å². The molecule has 0 radical (unpaired) electrons. The summed E-state index contributed by atoms with van der Waals surface area (Å²) in [5.41, 5.74) is 0. The maximum atomic E-state index is 11.8. The molecule has 0 rings (SSSR count). The molecule has 0 saturated carbocycles. The molecule has 0 saturated heterocycles. The standard InChI is InChI=1S/C12H22N2O4/c1-3-5-6-10(11(16)17)13-12(18)14(7-4-2)8-9-15/h4,10,15H,2-3,5-9H2,1H3,(H,13,18)(H,16,17)/t10-/m0/s1. The molecule has 0 aliphatic heterocycles. The molecule has 0 spiro atoms. The molecule has 0 heterocycles. The fourth-order valence-corrected chi connectivity index (χ4v) is 1.46. The molecule has 0 unspecified atom stereocenters. The van der Waals surface area contributed by atoms with Crippen molar-refractivity contribution in [3.8, 4) is 0 Å². The van der Waals surface area contributed by atoms with Crippen LogP contribution in [0.2, 0.25) is 0 Å². The van der Waals surface area contributed by atoms with Gasteiger partial charge in [0.2, 0.25) is 0 Å². The number of carboxylic acid groups (broad SMARTS) is 1. The smallest absolute Gasteiger partial charge is 0.326 e. The normalized spacial score (nSPS) is 11.7. The van der Waals surface area contributed by atoms with E-state index in [-0.39, 0.29) is 19.7 Å². The number of amides is 2. The molecule has 0 aromatic heterocycles. The summed E-state index contributed by atoms with van der Waals surface area (Å²) in [6.45, 7) is 5.71. The Morgan fingerprint density at radius 3 is 2.61 bits per heavy atom. The van der Waals surface area contributed by atoms with Gasteiger partial charge in [-0.1, -0.05) is 25.8 Å². The van der Waals surface area contributed by atoms with Crippen LogP contribution in [-0.2, 0) is 4.79 Å². The van der Waals surface area contributed by atoms with Gasteiger partial charge >= 0.3 is 12.0 Å². The van der Waals surface area contributed by atoms with E-state index in [0.717, 1.165) is 12.8 Å². The van der Waals surface area contributed by atoms with Gasteiger partial charge in [0.15, 0.2) is 0 Å². The van der Waals surface area contributed by atoms with Crippen LogP contribution in [0.25, 0.3) is 0 Å². The summed E-state index contributed by atoms with van der Waals surface area (Å²) in [7, 11) is 0. The second-order valence-electron chi connectivity index (χ2n) is 3.94. The largest absolute Gasteiger partial charge is 0.480 e. The van der Waals surface area contributed by atoms with E-state index in [1.807, 2.05) is 6.92 Å². The summed E-state index contributed by atoms with van der Waals surface area (Å²) in [6, 6.07) is -1.38. The van der Waals surface area contributed by atoms with Crippen LogP contribution in [0.3, 0.4) is 0 Å². The van der Waals surface area contributed by atoms with Gasteiger partial charge < -0.3 is 20.4 Å². The number of carboxylic acids is 1. The number of aliphatic hydroxyl groups is 1. The first-order valence-electron chi connectivity index (χ1n) is 6.06. The molecular weight excluding hydrogens is 236 g/mol. The minimum Gasteiger partial charge on any atom is -0.480 e. The summed E-state index contributed by atoms with van der Waals surface area (Å²) in [6.07, 6.45) is 3.53. The van der Waals surface area contributed by atoms with E-state index < -0.39 is 18.0 Å². The van der Waals surface area contributed by atoms with Gasteiger partial charge in [0.1, 0.15) is 6.04 Å². The van der Waals surface area contributed by atoms with E-state index in [9.17, 15) is 9.59 Å². The van der Waals surface area contributed by atoms with Crippen molar-refractivity contribution in [2.24, 2.45) is 0 Å². The Balaban J connectivity index is 4.44. The lowest BCUT2D eigenvalue weighted by atomic mass is 10.1. The molecule has 6 heteroatoms. The highest BCUT2D eigenvalue weighted by molar-refractivity contribution is 5.82. The molecule has 0 bridgehead atoms. The zero-order valence-electron chi connectivity index (χ0n) is 10.8. The molecule has 6 nitrogen and oxygen atoms in total. The van der Waals surface area contributed by atoms with Crippen molar-refractivity contribution in [1.29, 1.82) is 0 Å². The van der Waals surface area contributed by atoms with Crippen LogP contribution in [0.15, 0.2) is 12.7 Å². The summed E-state index contributed by atoms with van der Waals surface area (Å²) < 4.78 is 0. The van der Waals surface area contributed by atoms with Crippen LogP contribution in [0.5, 0.6) is 0 Å². The van der Waals surface area contributed by atoms with E-state index in [1.165, 1.54) is 11.0 Å². The molecule has 0 aliphatic rings. The molecule has 0 fully saturated rings. The van der Waals surface area contributed by atoms with Gasteiger partial charge in [-0.3, -0.25) is 0 Å². The average molecular weight is 258 g/mol. The quantitative estimate of drug-likeness (QED) is 0.534. The van der Waals surface area contributed by atoms with E-state index in [2.05, 4.69) is 11.9 Å². The van der Waals surface area contributed by atoms with Crippen molar-refractivity contribution >= 4 is 12.0 Å². The average Bonchev–Trinajstić information content (AvgIpc) is 2.33. The number of aliphatic carboxylic acids is 1. The highest BCUT2D eigenvalue weighted by Crippen LogP contribution is 2.02. The molecule has 2 amide bonds. The number of aliphatic hydroxyl groups excluding tert-OH is 1. The third kappa shape index (κ3) is 6.24. The van der Waals surface area contributed by atoms with E-state index in [4.69, 9.17) is 10.2 Å². The Hall–Kier alpha value is -1.56. The monoisotopic (exact) mass is 258 g/mol. The molecular formula is C12H22N2O4. The minimum atomic E-state index is -1.04. The highest BCUT2D eigenvalue weighted by Gasteiger charge is 2.21. The fourth-order valence-electron chi connectivity index (χ4n) is 1.46. The number of carbonyl (C=O) groups excluding carboxylic acids is 1. The van der Waals surface area contributed by atoms with Crippen LogP contribution in [0, 0.1) is 0 Å². The number of urea groups is 1. The zero-order valence-corrected chi connectivity index (χ0v) is 10.8. The van der Waals surface area contributed by atoms with Gasteiger partial charge in [0, 0.05) is 13.1 Å². The van der Waals surface area contributed by atoms with Crippen molar-refractivity contribution < 1.29 is 19.8 Å². The number of rotatable bonds is 9. The first-order chi connectivity index (χ1) is 8.56. The summed E-state index contributed by atoms with van der Waals surface area (Å²) >= 11 is 0. The van der Waals surface area contributed by atoms with E-state index >= 15 is 0 Å². The second-order valence-corrected chi connectivity index (χ2v) is 3.94. The summed E-state index contributed by atoms with van der Waals surface area (Å²) in [5, 5.41) is 20.3. The topological polar surface area (TPSA) is 89.9 Å². The Morgan fingerprint density at radius 2 is 2.17 bits per heavy atom. The molecule has 0 aromatic carbocycles. The highest BCUT2D eigenvalue weighted by atomic mass is 16.4. The van der Waals surface area contributed by atoms with Crippen LogP contribution >= 0.6 is 0 Å². The SMILES string of the molecule is C=CCN(CCO)C(=O)N[C@@H](CCCC)C(=O)O. The predicted molar refractivity (Wildman–Crippen MR) is 68.3 cm³/mol. The van der Waals surface area contributed by atoms with Crippen molar-refractivity contribution in [3.05, 3.63) is 12.7 Å². The molecule has 104 valence electrons. The number of hydrogen-bond donors (Lipinski definition) is 3. The Kier molecular flexibility index (Phi) is 8.65. The Bertz CT molecular complexity index is 281. The minimum absolute atomic E-state index is 0.151. The van der Waals surface area contributed by atoms with Crippen molar-refractivity contribution in [3.63, 3.8) is 0 Å². The third-order valence-electron chi connectivity index (χ3n) is 2.45. The van der Waals surface area contributed by atoms with Crippen LogP contribution in [0.4, 0.5) is 4.79 Å². The summed E-state index contributed by atoms with van der Waals surface area (Å²) in [4.78, 5) is 24.1. The zero-order chi connectivity index (χ0) is 14.0. The van der Waals surface area contributed by atoms with Crippen molar-refractivity contribution in [2.45, 2.75) is 32.2 Å². The number of unbranched alkanes of at least 4 members (excludes halogenated alkanes) is 1. The van der Waals surface area contributed by atoms with Crippen molar-refractivity contribution in [1.82, 2.24) is 10.2 Å². The first kappa shape index (κ1) is 16.4. The van der Waals surface area contributed by atoms with Gasteiger partial charge in [0.25, 0.3) is 0 Å². The molecule has 1 atom stereocenters. The molecule has 18 heavy (non-hydrogen) atoms. The van der Waals surface area contributed by atoms with E-state index in [1.54, 1.807) is 0 Å². The van der Waals surface area contributed by atoms with Crippen LogP contribution in [-0.4, -0.2) is 52.9 Å². The van der Waals surface area contributed by atoms with Crippen LogP contribution in [0.1, 0.15) is 26.2 Å². The Morgan fingerprint density at radius 1 is 1.50 bits per heavy atom. The lowest BCUT2D eigenvalue weighted by Crippen LogP contribution is -2.48. The maximum Gasteiger partial charge on any atom is 0.326 e. The van der Waals surface area contributed by atoms with E-state index in [0.29, 0.717) is 6.42 Å². The number of nitrogens with zero attached hydrogens (tertiary/aromatic N) is 1. The van der Waals surface area contributed by atoms with Gasteiger partial charge in [0.05, 0.1) is 6.61 Å². The number of nitrogens with one attached hydrogen (secondary N) is 1. The number of carbonyl (C=O) groups is 2. The van der Waals surface area contributed by atoms with Crippen molar-refractivity contribution in [2.75, 3.05) is 19.7 Å². The van der Waals surface area contributed by atoms with Crippen LogP contribution < -0.4 is 5.32 Å². The lowest BCUT2D eigenvalue weighted by molar-refractivity contribution is -0.139. The van der Waals surface area contributed by atoms with Gasteiger partial charge in [-0.25, -0.2) is 9.59 Å². The van der Waals surface area contributed by atoms with Gasteiger partial charge in [-0.05, 0) is 6.42 Å². The maximum absolute atomic E-state index is 11.8. The first-order valence-corrected chi connectivity index (χ1v) is 6.06. The van der Waals surface area contributed by atoms with Gasteiger partial charge in [-0.15, -0.1) is 6.58 Å². The summed E-state index contributed by atoms with van der Waals surface area (Å²) in [5.74, 6) is -1.04.